The minimum absolute atomic E-state index is 0.453. The first-order chi connectivity index (χ1) is 14.3. The SMILES string of the molecule is Cc1cc2c(s1)Nc1ccccc1N=C2N1CCNC(CCc2ccncc2)C1. The first-order valence-electron chi connectivity index (χ1n) is 10.2. The number of rotatable bonds is 3. The molecule has 1 fully saturated rings. The van der Waals surface area contributed by atoms with E-state index in [0.29, 0.717) is 6.04 Å². The maximum atomic E-state index is 5.12. The Bertz CT molecular complexity index is 1030. The number of pyridine rings is 1. The zero-order valence-electron chi connectivity index (χ0n) is 16.6. The number of aryl methyl sites for hydroxylation is 2. The van der Waals surface area contributed by atoms with Crippen LogP contribution in [0.25, 0.3) is 0 Å². The number of thiophene rings is 1. The maximum Gasteiger partial charge on any atom is 0.139 e. The van der Waals surface area contributed by atoms with Gasteiger partial charge in [-0.15, -0.1) is 11.3 Å². The Morgan fingerprint density at radius 3 is 2.93 bits per heavy atom. The summed E-state index contributed by atoms with van der Waals surface area (Å²) in [6.45, 7) is 5.09. The second-order valence-corrected chi connectivity index (χ2v) is 8.92. The summed E-state index contributed by atoms with van der Waals surface area (Å²) < 4.78 is 0. The fraction of sp³-hybridized carbons (Fsp3) is 0.304. The van der Waals surface area contributed by atoms with Gasteiger partial charge in [0.25, 0.3) is 0 Å². The van der Waals surface area contributed by atoms with Crippen LogP contribution in [0.5, 0.6) is 0 Å². The smallest absolute Gasteiger partial charge is 0.139 e. The summed E-state index contributed by atoms with van der Waals surface area (Å²) in [5.74, 6) is 1.09. The van der Waals surface area contributed by atoms with Gasteiger partial charge in [0.05, 0.1) is 16.9 Å². The molecule has 0 bridgehead atoms. The fourth-order valence-electron chi connectivity index (χ4n) is 4.09. The zero-order chi connectivity index (χ0) is 19.6. The lowest BCUT2D eigenvalue weighted by Crippen LogP contribution is -2.52. The van der Waals surface area contributed by atoms with Crippen molar-refractivity contribution in [3.8, 4) is 0 Å². The topological polar surface area (TPSA) is 52.6 Å². The lowest BCUT2D eigenvalue weighted by atomic mass is 10.0. The number of aromatic nitrogens is 1. The Labute approximate surface area is 175 Å². The number of hydrogen-bond acceptors (Lipinski definition) is 6. The molecule has 0 radical (unpaired) electrons. The van der Waals surface area contributed by atoms with E-state index < -0.39 is 0 Å². The highest BCUT2D eigenvalue weighted by Gasteiger charge is 2.27. The molecule has 1 aromatic carbocycles. The summed E-state index contributed by atoms with van der Waals surface area (Å²) in [5, 5.41) is 8.50. The number of aliphatic imine (C=N–C) groups is 1. The van der Waals surface area contributed by atoms with Crippen LogP contribution in [0.4, 0.5) is 16.4 Å². The predicted molar refractivity (Wildman–Crippen MR) is 121 cm³/mol. The first-order valence-corrected chi connectivity index (χ1v) is 11.0. The molecule has 3 aromatic rings. The Balaban J connectivity index is 1.40. The molecule has 0 aliphatic carbocycles. The van der Waals surface area contributed by atoms with E-state index in [1.807, 2.05) is 12.4 Å². The number of fused-ring (bicyclic) bond motifs is 2. The Morgan fingerprint density at radius 1 is 1.17 bits per heavy atom. The standard InChI is InChI=1S/C23H25N5S/c1-16-14-19-22(26-20-4-2-3-5-21(20)27-23(19)29-16)28-13-12-25-18(15-28)7-6-17-8-10-24-11-9-17/h2-5,8-11,14,18,25,27H,6-7,12-13,15H2,1H3. The van der Waals surface area contributed by atoms with Crippen LogP contribution in [0, 0.1) is 6.92 Å². The maximum absolute atomic E-state index is 5.12. The Kier molecular flexibility index (Phi) is 5.04. The summed E-state index contributed by atoms with van der Waals surface area (Å²) in [5.41, 5.74) is 4.66. The molecular weight excluding hydrogens is 378 g/mol. The van der Waals surface area contributed by atoms with E-state index in [2.05, 4.69) is 69.9 Å². The van der Waals surface area contributed by atoms with Gasteiger partial charge in [-0.3, -0.25) is 4.98 Å². The highest BCUT2D eigenvalue weighted by atomic mass is 32.1. The van der Waals surface area contributed by atoms with Crippen LogP contribution < -0.4 is 10.6 Å². The number of piperazine rings is 1. The molecule has 2 aliphatic heterocycles. The van der Waals surface area contributed by atoms with Gasteiger partial charge in [-0.1, -0.05) is 12.1 Å². The number of para-hydroxylation sites is 2. The summed E-state index contributed by atoms with van der Waals surface area (Å²) >= 11 is 1.80. The second kappa shape index (κ2) is 7.97. The minimum Gasteiger partial charge on any atom is -0.353 e. The summed E-state index contributed by atoms with van der Waals surface area (Å²) in [6, 6.07) is 15.3. The number of nitrogens with one attached hydrogen (secondary N) is 2. The van der Waals surface area contributed by atoms with Gasteiger partial charge in [-0.2, -0.15) is 0 Å². The van der Waals surface area contributed by atoms with Gasteiger partial charge in [0.2, 0.25) is 0 Å². The average molecular weight is 404 g/mol. The van der Waals surface area contributed by atoms with Gasteiger partial charge in [0.1, 0.15) is 10.8 Å². The van der Waals surface area contributed by atoms with E-state index in [4.69, 9.17) is 4.99 Å². The van der Waals surface area contributed by atoms with Crippen molar-refractivity contribution in [3.05, 3.63) is 70.9 Å². The zero-order valence-corrected chi connectivity index (χ0v) is 17.4. The van der Waals surface area contributed by atoms with Gasteiger partial charge in [-0.25, -0.2) is 4.99 Å². The molecule has 1 saturated heterocycles. The average Bonchev–Trinajstić information content (AvgIpc) is 3.04. The number of hydrogen-bond donors (Lipinski definition) is 2. The molecule has 2 aromatic heterocycles. The molecule has 0 spiro atoms. The van der Waals surface area contributed by atoms with Crippen molar-refractivity contribution < 1.29 is 0 Å². The fourth-order valence-corrected chi connectivity index (χ4v) is 5.01. The van der Waals surface area contributed by atoms with Gasteiger partial charge in [-0.05, 0) is 55.7 Å². The highest BCUT2D eigenvalue weighted by Crippen LogP contribution is 2.39. The van der Waals surface area contributed by atoms with Crippen LogP contribution in [0.2, 0.25) is 0 Å². The second-order valence-electron chi connectivity index (χ2n) is 7.67. The monoisotopic (exact) mass is 403 g/mol. The number of amidine groups is 1. The molecule has 1 unspecified atom stereocenters. The van der Waals surface area contributed by atoms with Crippen LogP contribution in [0.3, 0.4) is 0 Å². The molecule has 148 valence electrons. The van der Waals surface area contributed by atoms with Gasteiger partial charge in [0.15, 0.2) is 0 Å². The van der Waals surface area contributed by atoms with Crippen LogP contribution in [0.1, 0.15) is 22.4 Å². The molecule has 1 atom stereocenters. The van der Waals surface area contributed by atoms with E-state index in [1.165, 1.54) is 21.0 Å². The molecule has 5 nitrogen and oxygen atoms in total. The van der Waals surface area contributed by atoms with Crippen molar-refractivity contribution in [2.24, 2.45) is 4.99 Å². The van der Waals surface area contributed by atoms with Crippen LogP contribution in [-0.4, -0.2) is 41.4 Å². The lowest BCUT2D eigenvalue weighted by molar-refractivity contribution is 0.282. The largest absolute Gasteiger partial charge is 0.353 e. The van der Waals surface area contributed by atoms with Crippen molar-refractivity contribution in [3.63, 3.8) is 0 Å². The molecule has 29 heavy (non-hydrogen) atoms. The lowest BCUT2D eigenvalue weighted by Gasteiger charge is -2.35. The van der Waals surface area contributed by atoms with E-state index in [9.17, 15) is 0 Å². The third-order valence-electron chi connectivity index (χ3n) is 5.56. The molecule has 6 heteroatoms. The van der Waals surface area contributed by atoms with E-state index >= 15 is 0 Å². The number of benzene rings is 1. The Hall–Kier alpha value is -2.70. The molecule has 2 aliphatic rings. The van der Waals surface area contributed by atoms with Crippen LogP contribution in [0.15, 0.2) is 59.9 Å². The van der Waals surface area contributed by atoms with E-state index in [0.717, 1.165) is 49.7 Å². The summed E-state index contributed by atoms with van der Waals surface area (Å²) in [7, 11) is 0. The van der Waals surface area contributed by atoms with Gasteiger partial charge < -0.3 is 15.5 Å². The normalized spacial score (nSPS) is 18.3. The van der Waals surface area contributed by atoms with Crippen molar-refractivity contribution in [1.82, 2.24) is 15.2 Å². The molecule has 0 saturated carbocycles. The number of nitrogens with zero attached hydrogens (tertiary/aromatic N) is 3. The molecule has 5 rings (SSSR count). The predicted octanol–water partition coefficient (Wildman–Crippen LogP) is 4.49. The van der Waals surface area contributed by atoms with Gasteiger partial charge in [0, 0.05) is 42.9 Å². The third-order valence-corrected chi connectivity index (χ3v) is 6.53. The molecule has 4 heterocycles. The van der Waals surface area contributed by atoms with Crippen molar-refractivity contribution in [2.45, 2.75) is 25.8 Å². The third kappa shape index (κ3) is 3.91. The quantitative estimate of drug-likeness (QED) is 0.676. The van der Waals surface area contributed by atoms with Gasteiger partial charge >= 0.3 is 0 Å². The molecule has 0 amide bonds. The van der Waals surface area contributed by atoms with Crippen LogP contribution in [-0.2, 0) is 6.42 Å². The minimum atomic E-state index is 0.453. The summed E-state index contributed by atoms with van der Waals surface area (Å²) in [6.07, 6.45) is 5.92. The van der Waals surface area contributed by atoms with Crippen molar-refractivity contribution >= 4 is 33.5 Å². The highest BCUT2D eigenvalue weighted by molar-refractivity contribution is 7.16. The first kappa shape index (κ1) is 18.3. The van der Waals surface area contributed by atoms with E-state index in [-0.39, 0.29) is 0 Å². The van der Waals surface area contributed by atoms with Crippen molar-refractivity contribution in [1.29, 1.82) is 0 Å². The molecule has 2 N–H and O–H groups in total. The summed E-state index contributed by atoms with van der Waals surface area (Å²) in [4.78, 5) is 13.0. The Morgan fingerprint density at radius 2 is 2.03 bits per heavy atom. The van der Waals surface area contributed by atoms with E-state index in [1.54, 1.807) is 11.3 Å². The molecular formula is C23H25N5S. The van der Waals surface area contributed by atoms with Crippen molar-refractivity contribution in [2.75, 3.05) is 25.0 Å². The number of anilines is 2. The van der Waals surface area contributed by atoms with Crippen LogP contribution >= 0.6 is 11.3 Å².